The van der Waals surface area contributed by atoms with Gasteiger partial charge in [0.2, 0.25) is 10.0 Å². The van der Waals surface area contributed by atoms with Crippen LogP contribution in [-0.2, 0) is 10.0 Å². The highest BCUT2D eigenvalue weighted by atomic mass is 79.9. The van der Waals surface area contributed by atoms with Gasteiger partial charge in [0, 0.05) is 20.9 Å². The summed E-state index contributed by atoms with van der Waals surface area (Å²) in [5.74, 6) is 0.336. The standard InChI is InChI=1S/C12H14Br2ClNO2S/c13-9-2-4-11(14)12(6-9)19(17,18)16-7-8-1-3-10(15)5-8/h2,4,6,8,10,16H,1,3,5,7H2. The summed E-state index contributed by atoms with van der Waals surface area (Å²) in [6.07, 6.45) is 2.83. The van der Waals surface area contributed by atoms with Gasteiger partial charge in [-0.15, -0.1) is 11.6 Å². The lowest BCUT2D eigenvalue weighted by Gasteiger charge is -2.12. The number of hydrogen-bond acceptors (Lipinski definition) is 2. The van der Waals surface area contributed by atoms with Gasteiger partial charge in [-0.3, -0.25) is 0 Å². The molecule has 7 heteroatoms. The smallest absolute Gasteiger partial charge is 0.211 e. The summed E-state index contributed by atoms with van der Waals surface area (Å²) in [5, 5.41) is 0.187. The molecular weight excluding hydrogens is 417 g/mol. The fourth-order valence-electron chi connectivity index (χ4n) is 2.19. The molecule has 0 bridgehead atoms. The van der Waals surface area contributed by atoms with Crippen LogP contribution in [0, 0.1) is 5.92 Å². The third-order valence-corrected chi connectivity index (χ3v) is 6.53. The van der Waals surface area contributed by atoms with E-state index in [1.807, 2.05) is 0 Å². The lowest BCUT2D eigenvalue weighted by molar-refractivity contribution is 0.520. The summed E-state index contributed by atoms with van der Waals surface area (Å²) in [6.45, 7) is 0.449. The van der Waals surface area contributed by atoms with Crippen molar-refractivity contribution in [1.82, 2.24) is 4.72 Å². The summed E-state index contributed by atoms with van der Waals surface area (Å²) in [5.41, 5.74) is 0. The minimum Gasteiger partial charge on any atom is -0.211 e. The Bertz CT molecular complexity index is 565. The van der Waals surface area contributed by atoms with E-state index in [0.29, 0.717) is 16.9 Å². The van der Waals surface area contributed by atoms with Crippen molar-refractivity contribution in [3.63, 3.8) is 0 Å². The van der Waals surface area contributed by atoms with Crippen LogP contribution in [0.15, 0.2) is 32.0 Å². The Kier molecular flexibility index (Phi) is 5.34. The molecule has 1 saturated carbocycles. The SMILES string of the molecule is O=S(=O)(NCC1CCC(Cl)C1)c1cc(Br)ccc1Br. The van der Waals surface area contributed by atoms with Crippen LogP contribution in [0.1, 0.15) is 19.3 Å². The van der Waals surface area contributed by atoms with Crippen LogP contribution in [0.3, 0.4) is 0 Å². The fraction of sp³-hybridized carbons (Fsp3) is 0.500. The van der Waals surface area contributed by atoms with Gasteiger partial charge in [-0.25, -0.2) is 13.1 Å². The maximum Gasteiger partial charge on any atom is 0.241 e. The summed E-state index contributed by atoms with van der Waals surface area (Å²) in [7, 11) is -3.49. The molecule has 106 valence electrons. The number of nitrogens with one attached hydrogen (secondary N) is 1. The average Bonchev–Trinajstić information content (AvgIpc) is 2.76. The summed E-state index contributed by atoms with van der Waals surface area (Å²) >= 11 is 12.6. The largest absolute Gasteiger partial charge is 0.241 e. The van der Waals surface area contributed by atoms with Gasteiger partial charge in [0.05, 0.1) is 4.90 Å². The van der Waals surface area contributed by atoms with E-state index in [1.165, 1.54) is 0 Å². The number of hydrogen-bond donors (Lipinski definition) is 1. The molecule has 0 spiro atoms. The normalized spacial score (nSPS) is 23.7. The second-order valence-corrected chi connectivity index (χ2v) is 8.83. The minimum absolute atomic E-state index is 0.187. The van der Waals surface area contributed by atoms with Crippen LogP contribution in [0.5, 0.6) is 0 Å². The highest BCUT2D eigenvalue weighted by Gasteiger charge is 2.25. The minimum atomic E-state index is -3.49. The second-order valence-electron chi connectivity index (χ2n) is 4.70. The first-order valence-corrected chi connectivity index (χ1v) is 9.48. The molecule has 19 heavy (non-hydrogen) atoms. The molecule has 2 unspecified atom stereocenters. The molecule has 1 aromatic rings. The van der Waals surface area contributed by atoms with Gasteiger partial charge in [-0.1, -0.05) is 15.9 Å². The first kappa shape index (κ1) is 15.8. The quantitative estimate of drug-likeness (QED) is 0.735. The van der Waals surface area contributed by atoms with E-state index in [-0.39, 0.29) is 10.3 Å². The molecule has 2 rings (SSSR count). The van der Waals surface area contributed by atoms with E-state index >= 15 is 0 Å². The Hall–Kier alpha value is 0.380. The van der Waals surface area contributed by atoms with Crippen LogP contribution < -0.4 is 4.72 Å². The van der Waals surface area contributed by atoms with Crippen LogP contribution in [0.25, 0.3) is 0 Å². The van der Waals surface area contributed by atoms with Gasteiger partial charge in [-0.2, -0.15) is 0 Å². The molecule has 1 N–H and O–H groups in total. The molecule has 0 amide bonds. The number of halogens is 3. The van der Waals surface area contributed by atoms with Crippen LogP contribution in [-0.4, -0.2) is 20.3 Å². The zero-order chi connectivity index (χ0) is 14.0. The Morgan fingerprint density at radius 1 is 1.32 bits per heavy atom. The molecule has 1 aliphatic rings. The molecule has 2 atom stereocenters. The number of alkyl halides is 1. The zero-order valence-electron chi connectivity index (χ0n) is 10.1. The van der Waals surface area contributed by atoms with Crippen molar-refractivity contribution >= 4 is 53.5 Å². The Balaban J connectivity index is 2.08. The van der Waals surface area contributed by atoms with Crippen molar-refractivity contribution in [2.45, 2.75) is 29.5 Å². The van der Waals surface area contributed by atoms with Gasteiger partial charge in [0.1, 0.15) is 0 Å². The van der Waals surface area contributed by atoms with E-state index in [9.17, 15) is 8.42 Å². The van der Waals surface area contributed by atoms with Crippen molar-refractivity contribution in [2.24, 2.45) is 5.92 Å². The molecule has 1 fully saturated rings. The first-order chi connectivity index (χ1) is 8.88. The van der Waals surface area contributed by atoms with Gasteiger partial charge >= 0.3 is 0 Å². The third kappa shape index (κ3) is 4.17. The highest BCUT2D eigenvalue weighted by Crippen LogP contribution is 2.30. The predicted octanol–water partition coefficient (Wildman–Crippen LogP) is 3.90. The van der Waals surface area contributed by atoms with Crippen LogP contribution >= 0.6 is 43.5 Å². The lowest BCUT2D eigenvalue weighted by Crippen LogP contribution is -2.29. The number of benzene rings is 1. The maximum absolute atomic E-state index is 12.2. The van der Waals surface area contributed by atoms with Crippen molar-refractivity contribution in [3.05, 3.63) is 27.1 Å². The van der Waals surface area contributed by atoms with Crippen molar-refractivity contribution in [1.29, 1.82) is 0 Å². The topological polar surface area (TPSA) is 46.2 Å². The van der Waals surface area contributed by atoms with E-state index in [4.69, 9.17) is 11.6 Å². The summed E-state index contributed by atoms with van der Waals surface area (Å²) in [6, 6.07) is 5.09. The summed E-state index contributed by atoms with van der Waals surface area (Å²) < 4.78 is 28.5. The summed E-state index contributed by atoms with van der Waals surface area (Å²) in [4.78, 5) is 0.252. The van der Waals surface area contributed by atoms with Gasteiger partial charge in [0.15, 0.2) is 0 Å². The van der Waals surface area contributed by atoms with Crippen LogP contribution in [0.4, 0.5) is 0 Å². The fourth-order valence-corrected chi connectivity index (χ4v) is 5.18. The van der Waals surface area contributed by atoms with Gasteiger partial charge < -0.3 is 0 Å². The predicted molar refractivity (Wildman–Crippen MR) is 84.0 cm³/mol. The molecule has 0 aromatic heterocycles. The lowest BCUT2D eigenvalue weighted by atomic mass is 10.1. The van der Waals surface area contributed by atoms with E-state index in [2.05, 4.69) is 36.6 Å². The molecule has 3 nitrogen and oxygen atoms in total. The molecule has 0 saturated heterocycles. The molecule has 0 radical (unpaired) electrons. The van der Waals surface area contributed by atoms with E-state index in [0.717, 1.165) is 23.7 Å². The second kappa shape index (κ2) is 6.43. The zero-order valence-corrected chi connectivity index (χ0v) is 14.8. The molecular formula is C12H14Br2ClNO2S. The van der Waals surface area contributed by atoms with Gasteiger partial charge in [0.25, 0.3) is 0 Å². The maximum atomic E-state index is 12.2. The number of sulfonamides is 1. The molecule has 0 aliphatic heterocycles. The van der Waals surface area contributed by atoms with Crippen molar-refractivity contribution < 1.29 is 8.42 Å². The Labute approximate surface area is 135 Å². The Morgan fingerprint density at radius 2 is 2.05 bits per heavy atom. The molecule has 0 heterocycles. The highest BCUT2D eigenvalue weighted by molar-refractivity contribution is 9.11. The number of rotatable bonds is 4. The first-order valence-electron chi connectivity index (χ1n) is 5.97. The van der Waals surface area contributed by atoms with Gasteiger partial charge in [-0.05, 0) is 59.3 Å². The molecule has 1 aromatic carbocycles. The van der Waals surface area contributed by atoms with Crippen molar-refractivity contribution in [3.8, 4) is 0 Å². The Morgan fingerprint density at radius 3 is 2.68 bits per heavy atom. The third-order valence-electron chi connectivity index (χ3n) is 3.22. The van der Waals surface area contributed by atoms with Crippen molar-refractivity contribution in [2.75, 3.05) is 6.54 Å². The molecule has 1 aliphatic carbocycles. The van der Waals surface area contributed by atoms with E-state index in [1.54, 1.807) is 18.2 Å². The average molecular weight is 432 g/mol. The van der Waals surface area contributed by atoms with Crippen LogP contribution in [0.2, 0.25) is 0 Å². The monoisotopic (exact) mass is 429 g/mol. The van der Waals surface area contributed by atoms with E-state index < -0.39 is 10.0 Å².